The lowest BCUT2D eigenvalue weighted by Crippen LogP contribution is -2.12. The number of Topliss-reactive ketones (excluding diaryl/α,β-unsaturated/α-hetero) is 1. The van der Waals surface area contributed by atoms with Crippen LogP contribution in [0, 0.1) is 0 Å². The maximum atomic E-state index is 12.3. The zero-order valence-electron chi connectivity index (χ0n) is 13.8. The molecule has 1 aromatic heterocycles. The van der Waals surface area contributed by atoms with Gasteiger partial charge in [0.25, 0.3) is 0 Å². The highest BCUT2D eigenvalue weighted by atomic mass is 35.5. The lowest BCUT2D eigenvalue weighted by Gasteiger charge is -2.09. The van der Waals surface area contributed by atoms with Crippen molar-refractivity contribution < 1.29 is 9.53 Å². The second-order valence-electron chi connectivity index (χ2n) is 5.95. The summed E-state index contributed by atoms with van der Waals surface area (Å²) >= 11 is 12.2. The summed E-state index contributed by atoms with van der Waals surface area (Å²) in [6.07, 6.45) is 1.35. The lowest BCUT2D eigenvalue weighted by atomic mass is 10.0. The Labute approximate surface area is 155 Å². The number of aromatic nitrogens is 2. The molecule has 4 nitrogen and oxygen atoms in total. The first-order chi connectivity index (χ1) is 12.0. The Balaban J connectivity index is 1.79. The van der Waals surface area contributed by atoms with Crippen LogP contribution in [-0.2, 0) is 0 Å². The molecule has 0 N–H and O–H groups in total. The fourth-order valence-electron chi connectivity index (χ4n) is 2.45. The molecule has 128 valence electrons. The Morgan fingerprint density at radius 1 is 1.12 bits per heavy atom. The van der Waals surface area contributed by atoms with Gasteiger partial charge in [-0.3, -0.25) is 4.79 Å². The molecular formula is C19H16Cl2N2O2. The molecule has 0 aliphatic heterocycles. The van der Waals surface area contributed by atoms with Gasteiger partial charge in [-0.05, 0) is 23.6 Å². The monoisotopic (exact) mass is 374 g/mol. The summed E-state index contributed by atoms with van der Waals surface area (Å²) < 4.78 is 5.61. The van der Waals surface area contributed by atoms with Crippen LogP contribution >= 0.6 is 23.2 Å². The van der Waals surface area contributed by atoms with E-state index in [0.717, 1.165) is 0 Å². The molecule has 0 unspecified atom stereocenters. The van der Waals surface area contributed by atoms with Crippen molar-refractivity contribution in [2.24, 2.45) is 0 Å². The summed E-state index contributed by atoms with van der Waals surface area (Å²) in [5.41, 5.74) is 2.31. The number of halogens is 2. The Bertz CT molecular complexity index is 925. The van der Waals surface area contributed by atoms with Crippen molar-refractivity contribution in [2.45, 2.75) is 19.8 Å². The molecule has 0 atom stereocenters. The number of carbonyl (C=O) groups is 1. The van der Waals surface area contributed by atoms with Crippen LogP contribution in [0.4, 0.5) is 0 Å². The van der Waals surface area contributed by atoms with E-state index in [0.29, 0.717) is 32.4 Å². The van der Waals surface area contributed by atoms with Crippen LogP contribution in [0.3, 0.4) is 0 Å². The molecule has 0 bridgehead atoms. The van der Waals surface area contributed by atoms with E-state index in [4.69, 9.17) is 27.9 Å². The van der Waals surface area contributed by atoms with Gasteiger partial charge < -0.3 is 4.74 Å². The minimum absolute atomic E-state index is 0.128. The van der Waals surface area contributed by atoms with E-state index in [9.17, 15) is 4.79 Å². The van der Waals surface area contributed by atoms with E-state index in [1.165, 1.54) is 11.9 Å². The summed E-state index contributed by atoms with van der Waals surface area (Å²) in [6.45, 7) is 4.09. The lowest BCUT2D eigenvalue weighted by molar-refractivity contribution is 0.0919. The van der Waals surface area contributed by atoms with Gasteiger partial charge in [-0.15, -0.1) is 0 Å². The third kappa shape index (κ3) is 3.91. The zero-order chi connectivity index (χ0) is 18.0. The number of ketones is 1. The van der Waals surface area contributed by atoms with Gasteiger partial charge in [-0.2, -0.15) is 0 Å². The van der Waals surface area contributed by atoms with Crippen molar-refractivity contribution in [3.63, 3.8) is 0 Å². The van der Waals surface area contributed by atoms with Crippen LogP contribution in [0.1, 0.15) is 35.7 Å². The molecule has 0 saturated carbocycles. The summed E-state index contributed by atoms with van der Waals surface area (Å²) in [7, 11) is 0. The van der Waals surface area contributed by atoms with Crippen LogP contribution in [0.5, 0.6) is 5.88 Å². The quantitative estimate of drug-likeness (QED) is 0.566. The normalized spacial score (nSPS) is 11.1. The fraction of sp³-hybridized carbons (Fsp3) is 0.211. The van der Waals surface area contributed by atoms with E-state index in [1.807, 2.05) is 24.3 Å². The van der Waals surface area contributed by atoms with Gasteiger partial charge in [0.2, 0.25) is 5.88 Å². The van der Waals surface area contributed by atoms with E-state index < -0.39 is 0 Å². The number of nitrogens with zero attached hydrogens (tertiary/aromatic N) is 2. The first kappa shape index (κ1) is 17.6. The van der Waals surface area contributed by atoms with E-state index >= 15 is 0 Å². The average Bonchev–Trinajstić information content (AvgIpc) is 2.59. The Morgan fingerprint density at radius 2 is 1.84 bits per heavy atom. The molecule has 0 radical (unpaired) electrons. The van der Waals surface area contributed by atoms with E-state index in [1.54, 1.807) is 12.1 Å². The highest BCUT2D eigenvalue weighted by Gasteiger charge is 2.13. The predicted octanol–water partition coefficient (Wildman–Crippen LogP) is 5.32. The molecular weight excluding hydrogens is 359 g/mol. The molecule has 0 aliphatic rings. The molecule has 0 saturated heterocycles. The van der Waals surface area contributed by atoms with Gasteiger partial charge in [-0.1, -0.05) is 61.3 Å². The number of ether oxygens (including phenoxy) is 1. The number of benzene rings is 2. The largest absolute Gasteiger partial charge is 0.469 e. The summed E-state index contributed by atoms with van der Waals surface area (Å²) in [5, 5.41) is 1.43. The van der Waals surface area contributed by atoms with E-state index in [-0.39, 0.29) is 18.3 Å². The predicted molar refractivity (Wildman–Crippen MR) is 99.9 cm³/mol. The average molecular weight is 375 g/mol. The Morgan fingerprint density at radius 3 is 2.52 bits per heavy atom. The van der Waals surface area contributed by atoms with E-state index in [2.05, 4.69) is 23.8 Å². The minimum Gasteiger partial charge on any atom is -0.469 e. The standard InChI is InChI=1S/C19H16Cl2N2O2/c1-11(2)12-3-5-13(6-4-12)17(24)9-25-19-15-7-14(20)8-16(21)18(15)22-10-23-19/h3-8,10-11H,9H2,1-2H3. The Kier molecular flexibility index (Phi) is 5.21. The highest BCUT2D eigenvalue weighted by molar-refractivity contribution is 6.38. The molecule has 0 fully saturated rings. The van der Waals surface area contributed by atoms with Crippen LogP contribution in [0.15, 0.2) is 42.7 Å². The molecule has 0 spiro atoms. The summed E-state index contributed by atoms with van der Waals surface area (Å²) in [5.74, 6) is 0.569. The first-order valence-corrected chi connectivity index (χ1v) is 8.57. The highest BCUT2D eigenvalue weighted by Crippen LogP contribution is 2.30. The van der Waals surface area contributed by atoms with Crippen LogP contribution in [-0.4, -0.2) is 22.4 Å². The van der Waals surface area contributed by atoms with Crippen molar-refractivity contribution in [1.82, 2.24) is 9.97 Å². The molecule has 1 heterocycles. The number of hydrogen-bond acceptors (Lipinski definition) is 4. The van der Waals surface area contributed by atoms with Crippen LogP contribution < -0.4 is 4.74 Å². The molecule has 3 aromatic rings. The number of rotatable bonds is 5. The van der Waals surface area contributed by atoms with Gasteiger partial charge in [0.15, 0.2) is 12.4 Å². The van der Waals surface area contributed by atoms with Crippen molar-refractivity contribution >= 4 is 39.9 Å². The Hall–Kier alpha value is -2.17. The van der Waals surface area contributed by atoms with Crippen molar-refractivity contribution in [2.75, 3.05) is 6.61 Å². The number of hydrogen-bond donors (Lipinski definition) is 0. The fourth-order valence-corrected chi connectivity index (χ4v) is 3.00. The third-order valence-electron chi connectivity index (χ3n) is 3.86. The molecule has 6 heteroatoms. The molecule has 25 heavy (non-hydrogen) atoms. The van der Waals surface area contributed by atoms with Crippen molar-refractivity contribution in [1.29, 1.82) is 0 Å². The maximum absolute atomic E-state index is 12.3. The van der Waals surface area contributed by atoms with Gasteiger partial charge in [0.05, 0.1) is 15.9 Å². The third-order valence-corrected chi connectivity index (χ3v) is 4.37. The molecule has 0 amide bonds. The van der Waals surface area contributed by atoms with Crippen molar-refractivity contribution in [3.8, 4) is 5.88 Å². The number of fused-ring (bicyclic) bond motifs is 1. The molecule has 0 aliphatic carbocycles. The topological polar surface area (TPSA) is 52.1 Å². The van der Waals surface area contributed by atoms with Crippen LogP contribution in [0.25, 0.3) is 10.9 Å². The number of carbonyl (C=O) groups excluding carboxylic acids is 1. The van der Waals surface area contributed by atoms with Crippen molar-refractivity contribution in [3.05, 3.63) is 63.9 Å². The summed E-state index contributed by atoms with van der Waals surface area (Å²) in [6, 6.07) is 10.8. The van der Waals surface area contributed by atoms with Gasteiger partial charge >= 0.3 is 0 Å². The minimum atomic E-state index is -0.129. The second-order valence-corrected chi connectivity index (χ2v) is 6.79. The summed E-state index contributed by atoms with van der Waals surface area (Å²) in [4.78, 5) is 20.6. The first-order valence-electron chi connectivity index (χ1n) is 7.81. The molecule has 2 aromatic carbocycles. The second kappa shape index (κ2) is 7.38. The smallest absolute Gasteiger partial charge is 0.225 e. The molecule has 3 rings (SSSR count). The zero-order valence-corrected chi connectivity index (χ0v) is 15.3. The van der Waals surface area contributed by atoms with Gasteiger partial charge in [0, 0.05) is 10.6 Å². The SMILES string of the molecule is CC(C)c1ccc(C(=O)COc2ncnc3c(Cl)cc(Cl)cc23)cc1. The maximum Gasteiger partial charge on any atom is 0.225 e. The van der Waals surface area contributed by atoms with Gasteiger partial charge in [-0.25, -0.2) is 9.97 Å². The van der Waals surface area contributed by atoms with Crippen LogP contribution in [0.2, 0.25) is 10.0 Å². The van der Waals surface area contributed by atoms with Gasteiger partial charge in [0.1, 0.15) is 6.33 Å².